The zero-order valence-corrected chi connectivity index (χ0v) is 17.6. The van der Waals surface area contributed by atoms with Crippen LogP contribution in [-0.2, 0) is 19.4 Å². The number of nitrogens with one attached hydrogen (secondary N) is 2. The number of aliphatic imine (C=N–C) groups is 1. The van der Waals surface area contributed by atoms with Gasteiger partial charge < -0.3 is 15.2 Å². The van der Waals surface area contributed by atoms with E-state index in [0.717, 1.165) is 36.7 Å². The van der Waals surface area contributed by atoms with E-state index in [-0.39, 0.29) is 24.0 Å². The molecule has 2 aromatic rings. The van der Waals surface area contributed by atoms with E-state index in [9.17, 15) is 0 Å². The Hall–Kier alpha value is -1.58. The Labute approximate surface area is 165 Å². The van der Waals surface area contributed by atoms with Crippen LogP contribution in [0.15, 0.2) is 21.8 Å². The molecule has 8 heteroatoms. The summed E-state index contributed by atoms with van der Waals surface area (Å²) in [6.45, 7) is 6.80. The first-order chi connectivity index (χ1) is 11.5. The van der Waals surface area contributed by atoms with Gasteiger partial charge in [-0.15, -0.1) is 24.0 Å². The average Bonchev–Trinajstić information content (AvgIpc) is 3.17. The molecule has 0 aromatic carbocycles. The van der Waals surface area contributed by atoms with Gasteiger partial charge in [0.1, 0.15) is 0 Å². The van der Waals surface area contributed by atoms with Crippen LogP contribution >= 0.6 is 24.0 Å². The highest BCUT2D eigenvalue weighted by atomic mass is 127. The lowest BCUT2D eigenvalue weighted by Gasteiger charge is -2.24. The van der Waals surface area contributed by atoms with Gasteiger partial charge in [-0.2, -0.15) is 5.10 Å². The number of hydrogen-bond donors (Lipinski definition) is 2. The van der Waals surface area contributed by atoms with Crippen molar-refractivity contribution in [3.63, 3.8) is 0 Å². The number of rotatable bonds is 4. The van der Waals surface area contributed by atoms with Gasteiger partial charge in [-0.05, 0) is 39.2 Å². The van der Waals surface area contributed by atoms with E-state index in [4.69, 9.17) is 9.62 Å². The molecule has 1 atom stereocenters. The van der Waals surface area contributed by atoms with E-state index in [1.807, 2.05) is 13.0 Å². The molecule has 2 heterocycles. The maximum absolute atomic E-state index is 5.21. The first-order valence-corrected chi connectivity index (χ1v) is 8.51. The summed E-state index contributed by atoms with van der Waals surface area (Å²) in [6, 6.07) is 2.67. The van der Waals surface area contributed by atoms with Crippen LogP contribution in [0.4, 0.5) is 0 Å². The van der Waals surface area contributed by atoms with Crippen molar-refractivity contribution in [2.24, 2.45) is 4.99 Å². The molecule has 0 saturated carbocycles. The SMILES string of the molecule is CN=C(NCc1cc(C)no1)NC1CCc2cn(C(C)C)nc2C1.I. The molecule has 0 saturated heterocycles. The summed E-state index contributed by atoms with van der Waals surface area (Å²) in [5, 5.41) is 15.4. The first kappa shape index (κ1) is 19.7. The largest absolute Gasteiger partial charge is 0.359 e. The lowest BCUT2D eigenvalue weighted by Crippen LogP contribution is -2.45. The molecular weight excluding hydrogens is 431 g/mol. The van der Waals surface area contributed by atoms with Crippen LogP contribution in [0.25, 0.3) is 0 Å². The van der Waals surface area contributed by atoms with Gasteiger partial charge in [-0.3, -0.25) is 9.67 Å². The molecule has 1 aliphatic rings. The molecule has 1 aliphatic carbocycles. The van der Waals surface area contributed by atoms with Gasteiger partial charge in [0.2, 0.25) is 0 Å². The van der Waals surface area contributed by atoms with Gasteiger partial charge in [0.15, 0.2) is 11.7 Å². The predicted octanol–water partition coefficient (Wildman–Crippen LogP) is 2.60. The van der Waals surface area contributed by atoms with E-state index in [1.54, 1.807) is 7.05 Å². The summed E-state index contributed by atoms with van der Waals surface area (Å²) in [5.41, 5.74) is 3.46. The Bertz CT molecular complexity index is 721. The molecule has 2 aromatic heterocycles. The lowest BCUT2D eigenvalue weighted by molar-refractivity contribution is 0.376. The molecule has 0 aliphatic heterocycles. The van der Waals surface area contributed by atoms with Crippen LogP contribution in [0.5, 0.6) is 0 Å². The molecular formula is C17H27IN6O. The average molecular weight is 458 g/mol. The third-order valence-electron chi connectivity index (χ3n) is 4.30. The fourth-order valence-corrected chi connectivity index (χ4v) is 2.96. The summed E-state index contributed by atoms with van der Waals surface area (Å²) >= 11 is 0. The van der Waals surface area contributed by atoms with Gasteiger partial charge >= 0.3 is 0 Å². The highest BCUT2D eigenvalue weighted by Gasteiger charge is 2.23. The van der Waals surface area contributed by atoms with Crippen molar-refractivity contribution in [2.75, 3.05) is 7.05 Å². The normalized spacial score (nSPS) is 17.2. The predicted molar refractivity (Wildman–Crippen MR) is 108 cm³/mol. The third kappa shape index (κ3) is 4.96. The Morgan fingerprint density at radius 2 is 2.28 bits per heavy atom. The second-order valence-corrected chi connectivity index (χ2v) is 6.62. The van der Waals surface area contributed by atoms with Gasteiger partial charge in [-0.25, -0.2) is 0 Å². The maximum atomic E-state index is 5.21. The Balaban J connectivity index is 0.00000225. The topological polar surface area (TPSA) is 80.3 Å². The Kier molecular flexibility index (Phi) is 6.86. The minimum atomic E-state index is 0. The molecule has 3 rings (SSSR count). The molecule has 25 heavy (non-hydrogen) atoms. The van der Waals surface area contributed by atoms with E-state index >= 15 is 0 Å². The lowest BCUT2D eigenvalue weighted by atomic mass is 9.94. The van der Waals surface area contributed by atoms with Crippen molar-refractivity contribution < 1.29 is 4.52 Å². The number of nitrogens with zero attached hydrogens (tertiary/aromatic N) is 4. The van der Waals surface area contributed by atoms with Crippen LogP contribution in [0.1, 0.15) is 49.0 Å². The minimum absolute atomic E-state index is 0. The molecule has 0 amide bonds. The number of fused-ring (bicyclic) bond motifs is 1. The van der Waals surface area contributed by atoms with Gasteiger partial charge in [0.05, 0.1) is 17.9 Å². The highest BCUT2D eigenvalue weighted by Crippen LogP contribution is 2.21. The third-order valence-corrected chi connectivity index (χ3v) is 4.30. The van der Waals surface area contributed by atoms with Crippen molar-refractivity contribution in [3.05, 3.63) is 35.0 Å². The van der Waals surface area contributed by atoms with E-state index in [1.165, 1.54) is 11.3 Å². The molecule has 0 fully saturated rings. The van der Waals surface area contributed by atoms with Crippen molar-refractivity contribution in [1.82, 2.24) is 25.6 Å². The minimum Gasteiger partial charge on any atom is -0.359 e. The van der Waals surface area contributed by atoms with Crippen molar-refractivity contribution in [2.45, 2.75) is 58.7 Å². The fraction of sp³-hybridized carbons (Fsp3) is 0.588. The number of aromatic nitrogens is 3. The van der Waals surface area contributed by atoms with Crippen LogP contribution < -0.4 is 10.6 Å². The van der Waals surface area contributed by atoms with Gasteiger partial charge in [-0.1, -0.05) is 5.16 Å². The summed E-state index contributed by atoms with van der Waals surface area (Å²) < 4.78 is 7.27. The number of hydrogen-bond acceptors (Lipinski definition) is 4. The molecule has 0 radical (unpaired) electrons. The molecule has 7 nitrogen and oxygen atoms in total. The monoisotopic (exact) mass is 458 g/mol. The van der Waals surface area contributed by atoms with Crippen LogP contribution in [0.2, 0.25) is 0 Å². The molecule has 138 valence electrons. The van der Waals surface area contributed by atoms with Gasteiger partial charge in [0.25, 0.3) is 0 Å². The first-order valence-electron chi connectivity index (χ1n) is 8.51. The smallest absolute Gasteiger partial charge is 0.191 e. The van der Waals surface area contributed by atoms with Crippen LogP contribution in [0, 0.1) is 6.92 Å². The second-order valence-electron chi connectivity index (χ2n) is 6.62. The summed E-state index contributed by atoms with van der Waals surface area (Å²) in [6.07, 6.45) is 5.25. The highest BCUT2D eigenvalue weighted by molar-refractivity contribution is 14.0. The summed E-state index contributed by atoms with van der Waals surface area (Å²) in [5.74, 6) is 1.58. The summed E-state index contributed by atoms with van der Waals surface area (Å²) in [4.78, 5) is 4.30. The molecule has 1 unspecified atom stereocenters. The van der Waals surface area contributed by atoms with Gasteiger partial charge in [0, 0.05) is 37.8 Å². The molecule has 2 N–H and O–H groups in total. The van der Waals surface area contributed by atoms with E-state index in [2.05, 4.69) is 45.5 Å². The van der Waals surface area contributed by atoms with Crippen LogP contribution in [-0.4, -0.2) is 34.0 Å². The Morgan fingerprint density at radius 3 is 2.92 bits per heavy atom. The Morgan fingerprint density at radius 1 is 1.48 bits per heavy atom. The number of halogens is 1. The fourth-order valence-electron chi connectivity index (χ4n) is 2.96. The maximum Gasteiger partial charge on any atom is 0.191 e. The number of guanidine groups is 1. The second kappa shape index (κ2) is 8.68. The zero-order valence-electron chi connectivity index (χ0n) is 15.2. The van der Waals surface area contributed by atoms with Crippen molar-refractivity contribution in [1.29, 1.82) is 0 Å². The van der Waals surface area contributed by atoms with Crippen molar-refractivity contribution >= 4 is 29.9 Å². The van der Waals surface area contributed by atoms with E-state index in [0.29, 0.717) is 18.6 Å². The summed E-state index contributed by atoms with van der Waals surface area (Å²) in [7, 11) is 1.78. The molecule has 0 spiro atoms. The quantitative estimate of drug-likeness (QED) is 0.419. The van der Waals surface area contributed by atoms with Crippen LogP contribution in [0.3, 0.4) is 0 Å². The molecule has 0 bridgehead atoms. The standard InChI is InChI=1S/C17H26N6O.HI/c1-11(2)23-10-13-5-6-14(8-16(13)21-23)20-17(18-4)19-9-15-7-12(3)22-24-15;/h7,10-11,14H,5-6,8-9H2,1-4H3,(H2,18,19,20);1H. The zero-order chi connectivity index (χ0) is 17.1. The van der Waals surface area contributed by atoms with Crippen molar-refractivity contribution in [3.8, 4) is 0 Å². The number of aryl methyl sites for hydroxylation is 2. The van der Waals surface area contributed by atoms with E-state index < -0.39 is 0 Å².